The van der Waals surface area contributed by atoms with E-state index < -0.39 is 273 Å². The molecule has 0 spiro atoms. The zero-order valence-corrected chi connectivity index (χ0v) is 44.7. The maximum atomic E-state index is 12.7. The predicted molar refractivity (Wildman–Crippen MR) is 255 cm³/mol. The molecule has 0 aliphatic carbocycles. The molecule has 0 bridgehead atoms. The van der Waals surface area contributed by atoms with Crippen LogP contribution in [-0.4, -0.2) is 380 Å². The molecule has 488 valence electrons. The number of ether oxygens (including phenoxy) is 13. The molecule has 0 saturated carbocycles. The third-order valence-electron chi connectivity index (χ3n) is 15.3. The van der Waals surface area contributed by atoms with Gasteiger partial charge in [-0.3, -0.25) is 9.59 Å². The summed E-state index contributed by atoms with van der Waals surface area (Å²) in [5.41, 5.74) is 0. The van der Waals surface area contributed by atoms with Gasteiger partial charge in [-0.1, -0.05) is 0 Å². The number of hydrogen-bond acceptors (Lipinski definition) is 36. The van der Waals surface area contributed by atoms with Crippen LogP contribution in [0.25, 0.3) is 0 Å². The van der Waals surface area contributed by atoms with Gasteiger partial charge in [0, 0.05) is 13.8 Å². The molecule has 0 aromatic rings. The second-order valence-corrected chi connectivity index (χ2v) is 21.1. The summed E-state index contributed by atoms with van der Waals surface area (Å²) < 4.78 is 74.6. The molecular formula is C46H78N2O36. The van der Waals surface area contributed by atoms with E-state index in [-0.39, 0.29) is 0 Å². The van der Waals surface area contributed by atoms with Gasteiger partial charge in [0.05, 0.1) is 46.2 Å². The van der Waals surface area contributed by atoms with Crippen LogP contribution in [0, 0.1) is 0 Å². The van der Waals surface area contributed by atoms with Crippen molar-refractivity contribution in [3.63, 3.8) is 0 Å². The first kappa shape index (κ1) is 69.1. The van der Waals surface area contributed by atoms with Crippen molar-refractivity contribution in [3.8, 4) is 0 Å². The van der Waals surface area contributed by atoms with Crippen LogP contribution in [0.3, 0.4) is 0 Å². The highest BCUT2D eigenvalue weighted by atomic mass is 16.8. The monoisotopic (exact) mass is 1230 g/mol. The molecule has 23 N–H and O–H groups in total. The molecule has 1 unspecified atom stereocenters. The van der Waals surface area contributed by atoms with Gasteiger partial charge in [-0.25, -0.2) is 0 Å². The number of aliphatic hydroxyl groups excluding tert-OH is 21. The lowest BCUT2D eigenvalue weighted by atomic mass is 9.94. The van der Waals surface area contributed by atoms with Crippen molar-refractivity contribution >= 4 is 11.8 Å². The van der Waals surface area contributed by atoms with Crippen molar-refractivity contribution in [3.05, 3.63) is 0 Å². The number of aliphatic hydroxyl groups is 21. The summed E-state index contributed by atoms with van der Waals surface area (Å²) >= 11 is 0. The summed E-state index contributed by atoms with van der Waals surface area (Å²) in [6, 6.07) is -3.38. The number of rotatable bonds is 21. The van der Waals surface area contributed by atoms with E-state index in [9.17, 15) is 117 Å². The van der Waals surface area contributed by atoms with E-state index in [2.05, 4.69) is 10.6 Å². The Kier molecular flexibility index (Phi) is 24.6. The van der Waals surface area contributed by atoms with Crippen LogP contribution in [0.15, 0.2) is 0 Å². The van der Waals surface area contributed by atoms with Crippen molar-refractivity contribution in [1.29, 1.82) is 0 Å². The highest BCUT2D eigenvalue weighted by Crippen LogP contribution is 2.37. The van der Waals surface area contributed by atoms with Crippen LogP contribution < -0.4 is 10.6 Å². The Hall–Kier alpha value is -2.42. The normalized spacial score (nSPS) is 50.3. The second kappa shape index (κ2) is 29.9. The summed E-state index contributed by atoms with van der Waals surface area (Å²) in [5.74, 6) is -1.61. The summed E-state index contributed by atoms with van der Waals surface area (Å²) in [7, 11) is 0. The second-order valence-electron chi connectivity index (χ2n) is 21.1. The average molecular weight is 1240 g/mol. The molecule has 0 aromatic heterocycles. The smallest absolute Gasteiger partial charge is 0.217 e. The summed E-state index contributed by atoms with van der Waals surface area (Å²) in [6.45, 7) is -4.80. The molecule has 38 heteroatoms. The predicted octanol–water partition coefficient (Wildman–Crippen LogP) is -16.0. The lowest BCUT2D eigenvalue weighted by Gasteiger charge is -2.50. The molecule has 7 fully saturated rings. The van der Waals surface area contributed by atoms with E-state index in [4.69, 9.17) is 61.6 Å². The van der Waals surface area contributed by atoms with E-state index in [1.165, 1.54) is 0 Å². The minimum absolute atomic E-state index is 0.740. The van der Waals surface area contributed by atoms with Gasteiger partial charge in [-0.2, -0.15) is 0 Å². The van der Waals surface area contributed by atoms with Gasteiger partial charge in [0.15, 0.2) is 44.0 Å². The molecule has 0 radical (unpaired) electrons. The summed E-state index contributed by atoms with van der Waals surface area (Å²) in [4.78, 5) is 24.6. The fraction of sp³-hybridized carbons (Fsp3) is 0.957. The summed E-state index contributed by atoms with van der Waals surface area (Å²) in [6.07, 6.45) is -65.2. The summed E-state index contributed by atoms with van der Waals surface area (Å²) in [5, 5.41) is 231. The molecule has 7 saturated heterocycles. The Morgan fingerprint density at radius 2 is 0.643 bits per heavy atom. The highest BCUT2D eigenvalue weighted by Gasteiger charge is 2.58. The number of amides is 2. The van der Waals surface area contributed by atoms with Crippen molar-refractivity contribution in [1.82, 2.24) is 10.6 Å². The van der Waals surface area contributed by atoms with E-state index in [0.717, 1.165) is 13.8 Å². The van der Waals surface area contributed by atoms with E-state index in [0.29, 0.717) is 0 Å². The van der Waals surface area contributed by atoms with Crippen molar-refractivity contribution in [2.24, 2.45) is 0 Å². The Bertz CT molecular complexity index is 2060. The number of carbonyl (C=O) groups is 2. The maximum Gasteiger partial charge on any atom is 0.217 e. The van der Waals surface area contributed by atoms with Gasteiger partial charge in [0.2, 0.25) is 11.8 Å². The van der Waals surface area contributed by atoms with Gasteiger partial charge < -0.3 is 179 Å². The zero-order chi connectivity index (χ0) is 61.9. The molecule has 7 heterocycles. The fourth-order valence-corrected chi connectivity index (χ4v) is 10.6. The zero-order valence-electron chi connectivity index (χ0n) is 44.7. The van der Waals surface area contributed by atoms with Gasteiger partial charge in [-0.15, -0.1) is 0 Å². The molecule has 35 atom stereocenters. The number of carbonyl (C=O) groups excluding carboxylic acids is 2. The minimum Gasteiger partial charge on any atom is -0.394 e. The van der Waals surface area contributed by atoms with Gasteiger partial charge >= 0.3 is 0 Å². The quantitative estimate of drug-likeness (QED) is 0.0507. The number of nitrogens with one attached hydrogen (secondary N) is 2. The van der Waals surface area contributed by atoms with Crippen LogP contribution in [-0.2, 0) is 71.2 Å². The third-order valence-corrected chi connectivity index (χ3v) is 15.3. The first-order valence-corrected chi connectivity index (χ1v) is 26.6. The average Bonchev–Trinajstić information content (AvgIpc) is 3.04. The van der Waals surface area contributed by atoms with Crippen LogP contribution >= 0.6 is 0 Å². The molecule has 0 aromatic carbocycles. The van der Waals surface area contributed by atoms with Crippen LogP contribution in [0.5, 0.6) is 0 Å². The van der Waals surface area contributed by atoms with Crippen LogP contribution in [0.2, 0.25) is 0 Å². The van der Waals surface area contributed by atoms with Crippen molar-refractivity contribution in [2.75, 3.05) is 46.2 Å². The fourth-order valence-electron chi connectivity index (χ4n) is 10.6. The van der Waals surface area contributed by atoms with Gasteiger partial charge in [-0.05, 0) is 0 Å². The largest absolute Gasteiger partial charge is 0.394 e. The lowest BCUT2D eigenvalue weighted by Crippen LogP contribution is -2.70. The first-order valence-electron chi connectivity index (χ1n) is 26.6. The molecule has 84 heavy (non-hydrogen) atoms. The van der Waals surface area contributed by atoms with E-state index in [1.54, 1.807) is 0 Å². The van der Waals surface area contributed by atoms with E-state index in [1.807, 2.05) is 0 Å². The third kappa shape index (κ3) is 14.9. The first-order chi connectivity index (χ1) is 39.7. The SMILES string of the molecule is CC(=O)N[C@H]1[C@H](O[C@H]2[C@H](O)[C@@H](NC(C)=O)C(O)O[C@@H]2CO)O[C@H](CO)[C@@H](O[C@@H]2O[C@H](CO[C@H]3O[C@H](CO[C@H]4O[C@H](CO)[C@@H](O)[C@H](O)[C@@H]4O)[C@@H](O)[C@H](O)[C@@H]3O[C@H]3O[C@H](CO)[C@@H](O)[C@H](O)[C@@H]3O)[C@@H](O)[C@H](O[C@H]3O[C@H](CO)[C@@H](O)[C@H](O)[C@@H]3O)[C@@H]2O)[C@@H]1O. The molecular weight excluding hydrogens is 1160 g/mol. The maximum absolute atomic E-state index is 12.7. The molecule has 38 nitrogen and oxygen atoms in total. The highest BCUT2D eigenvalue weighted by molar-refractivity contribution is 5.73. The Morgan fingerprint density at radius 1 is 0.310 bits per heavy atom. The van der Waals surface area contributed by atoms with Crippen LogP contribution in [0.1, 0.15) is 13.8 Å². The molecule has 7 aliphatic rings. The van der Waals surface area contributed by atoms with Crippen molar-refractivity contribution < 1.29 is 178 Å². The topological polar surface area (TPSA) is 603 Å². The van der Waals surface area contributed by atoms with Crippen LogP contribution in [0.4, 0.5) is 0 Å². The standard InChI is InChI=1S/C46H78N2O36/c1-10(54)47-19-26(61)36(15(6-52)74-40(19)71)81-41-20(48-11(2)55)27(62)37(16(7-53)78-41)82-45-35(70)38(83-43-33(68)29(64)22(57)13(4-50)76-43)25(60)18(79-45)9-73-46-39(84-44-34(69)30(65)23(58)14(5-51)77-44)31(66)24(59)17(80-46)8-72-42-32(67)28(63)21(56)12(3-49)75-42/h12-46,49-53,56-71H,3-9H2,1-2H3,(H,47,54)(H,48,55)/t12-,13-,14-,15-,16-,17-,18-,19-,20-,21-,22-,23-,24-,25-,26-,27-,28+,29+,30+,31+,32+,33+,34+,35+,36-,37-,38+,39+,40?,41+,42+,43-,44-,45+,46+/m1/s1. The lowest BCUT2D eigenvalue weighted by molar-refractivity contribution is -0.390. The Balaban J connectivity index is 1.18. The van der Waals surface area contributed by atoms with Crippen molar-refractivity contribution in [2.45, 2.75) is 229 Å². The van der Waals surface area contributed by atoms with E-state index >= 15 is 0 Å². The Labute approximate surface area is 475 Å². The minimum atomic E-state index is -2.35. The van der Waals surface area contributed by atoms with Gasteiger partial charge in [0.1, 0.15) is 171 Å². The number of hydrogen-bond donors (Lipinski definition) is 23. The molecule has 2 amide bonds. The Morgan fingerprint density at radius 3 is 1.13 bits per heavy atom. The molecule has 7 aliphatic heterocycles. The van der Waals surface area contributed by atoms with Gasteiger partial charge in [0.25, 0.3) is 0 Å². The molecule has 7 rings (SSSR count).